The van der Waals surface area contributed by atoms with Crippen molar-refractivity contribution in [3.63, 3.8) is 0 Å². The van der Waals surface area contributed by atoms with E-state index in [0.717, 1.165) is 11.3 Å². The number of nitrogens with zero attached hydrogens (tertiary/aromatic N) is 2. The number of nitro groups is 1. The zero-order chi connectivity index (χ0) is 17.1. The van der Waals surface area contributed by atoms with Gasteiger partial charge in [-0.15, -0.1) is 11.3 Å². The minimum absolute atomic E-state index is 0.112. The number of hydrogen-bond donors (Lipinski definition) is 0. The SMILES string of the molecule is O=C(OCc1nc2c(s1)C(F)=CCC2)Oc1ccc([N+](=O)[O-])cc1. The van der Waals surface area contributed by atoms with Crippen molar-refractivity contribution >= 4 is 29.0 Å². The number of allylic oxidation sites excluding steroid dienone is 1. The summed E-state index contributed by atoms with van der Waals surface area (Å²) in [4.78, 5) is 26.3. The van der Waals surface area contributed by atoms with E-state index in [9.17, 15) is 19.3 Å². The van der Waals surface area contributed by atoms with E-state index in [0.29, 0.717) is 28.4 Å². The second-order valence-electron chi connectivity index (χ2n) is 4.87. The van der Waals surface area contributed by atoms with E-state index in [-0.39, 0.29) is 23.9 Å². The summed E-state index contributed by atoms with van der Waals surface area (Å²) in [7, 11) is 0. The number of carbonyl (C=O) groups is 1. The van der Waals surface area contributed by atoms with Crippen molar-refractivity contribution in [2.45, 2.75) is 19.4 Å². The first kappa shape index (κ1) is 16.1. The van der Waals surface area contributed by atoms with Gasteiger partial charge in [-0.2, -0.15) is 0 Å². The predicted molar refractivity (Wildman–Crippen MR) is 83.4 cm³/mol. The number of thiazole rings is 1. The van der Waals surface area contributed by atoms with Gasteiger partial charge in [0.05, 0.1) is 15.5 Å². The molecule has 1 aromatic heterocycles. The molecule has 0 unspecified atom stereocenters. The van der Waals surface area contributed by atoms with E-state index < -0.39 is 11.1 Å². The fourth-order valence-electron chi connectivity index (χ4n) is 2.13. The Balaban J connectivity index is 1.56. The Morgan fingerprint density at radius 2 is 2.12 bits per heavy atom. The first-order valence-electron chi connectivity index (χ1n) is 6.96. The quantitative estimate of drug-likeness (QED) is 0.358. The summed E-state index contributed by atoms with van der Waals surface area (Å²) in [5.41, 5.74) is 0.557. The molecule has 124 valence electrons. The molecule has 0 aliphatic heterocycles. The molecule has 1 aliphatic carbocycles. The third kappa shape index (κ3) is 3.57. The average Bonchev–Trinajstić information content (AvgIpc) is 2.98. The zero-order valence-corrected chi connectivity index (χ0v) is 13.0. The maximum Gasteiger partial charge on any atom is 0.514 e. The molecule has 1 aromatic carbocycles. The molecule has 7 nitrogen and oxygen atoms in total. The van der Waals surface area contributed by atoms with Crippen molar-refractivity contribution in [1.29, 1.82) is 0 Å². The molecule has 2 aromatic rings. The minimum Gasteiger partial charge on any atom is -0.427 e. The Bertz CT molecular complexity index is 816. The van der Waals surface area contributed by atoms with Crippen LogP contribution in [-0.2, 0) is 17.8 Å². The van der Waals surface area contributed by atoms with Crippen LogP contribution in [-0.4, -0.2) is 16.1 Å². The number of halogens is 1. The molecule has 1 heterocycles. The number of nitro benzene ring substituents is 1. The van der Waals surface area contributed by atoms with E-state index in [2.05, 4.69) is 4.98 Å². The third-order valence-corrected chi connectivity index (χ3v) is 4.30. The van der Waals surface area contributed by atoms with E-state index in [4.69, 9.17) is 9.47 Å². The highest BCUT2D eigenvalue weighted by molar-refractivity contribution is 7.12. The molecule has 0 fully saturated rings. The van der Waals surface area contributed by atoms with Crippen LogP contribution in [0.1, 0.15) is 22.0 Å². The number of fused-ring (bicyclic) bond motifs is 1. The standard InChI is InChI=1S/C15H11FN2O5S/c16-11-2-1-3-12-14(11)24-13(17-12)8-22-15(19)23-10-6-4-9(5-7-10)18(20)21/h2,4-7H,1,3,8H2. The van der Waals surface area contributed by atoms with Crippen molar-refractivity contribution in [2.24, 2.45) is 0 Å². The molecular formula is C15H11FN2O5S. The van der Waals surface area contributed by atoms with Gasteiger partial charge in [-0.05, 0) is 31.1 Å². The monoisotopic (exact) mass is 350 g/mol. The van der Waals surface area contributed by atoms with Crippen LogP contribution in [0.3, 0.4) is 0 Å². The molecule has 0 bridgehead atoms. The van der Waals surface area contributed by atoms with Gasteiger partial charge in [0.15, 0.2) is 0 Å². The maximum atomic E-state index is 13.6. The lowest BCUT2D eigenvalue weighted by Crippen LogP contribution is -2.10. The van der Waals surface area contributed by atoms with Crippen LogP contribution < -0.4 is 4.74 Å². The van der Waals surface area contributed by atoms with E-state index in [1.807, 2.05) is 0 Å². The van der Waals surface area contributed by atoms with Crippen LogP contribution in [0.2, 0.25) is 0 Å². The van der Waals surface area contributed by atoms with Crippen LogP contribution in [0.5, 0.6) is 5.75 Å². The highest BCUT2D eigenvalue weighted by Gasteiger charge is 2.19. The van der Waals surface area contributed by atoms with Crippen molar-refractivity contribution in [2.75, 3.05) is 0 Å². The summed E-state index contributed by atoms with van der Waals surface area (Å²) in [5.74, 6) is -0.175. The van der Waals surface area contributed by atoms with Crippen LogP contribution >= 0.6 is 11.3 Å². The fourth-order valence-corrected chi connectivity index (χ4v) is 3.08. The summed E-state index contributed by atoms with van der Waals surface area (Å²) in [6.45, 7) is -0.128. The maximum absolute atomic E-state index is 13.6. The summed E-state index contributed by atoms with van der Waals surface area (Å²) < 4.78 is 23.5. The number of hydrogen-bond acceptors (Lipinski definition) is 7. The van der Waals surface area contributed by atoms with Gasteiger partial charge in [-0.25, -0.2) is 14.2 Å². The first-order valence-corrected chi connectivity index (χ1v) is 7.78. The lowest BCUT2D eigenvalue weighted by Gasteiger charge is -2.04. The normalized spacial score (nSPS) is 13.0. The number of non-ortho nitro benzene ring substituents is 1. The lowest BCUT2D eigenvalue weighted by molar-refractivity contribution is -0.384. The molecule has 9 heteroatoms. The fraction of sp³-hybridized carbons (Fsp3) is 0.200. The number of benzene rings is 1. The minimum atomic E-state index is -0.965. The van der Waals surface area contributed by atoms with Crippen molar-refractivity contribution < 1.29 is 23.6 Å². The molecule has 0 N–H and O–H groups in total. The molecule has 0 saturated heterocycles. The van der Waals surface area contributed by atoms with Gasteiger partial charge in [0, 0.05) is 12.1 Å². The third-order valence-electron chi connectivity index (χ3n) is 3.23. The molecule has 24 heavy (non-hydrogen) atoms. The van der Waals surface area contributed by atoms with Gasteiger partial charge in [0.1, 0.15) is 23.2 Å². The van der Waals surface area contributed by atoms with E-state index >= 15 is 0 Å². The number of rotatable bonds is 4. The van der Waals surface area contributed by atoms with E-state index in [1.54, 1.807) is 0 Å². The topological polar surface area (TPSA) is 91.6 Å². The summed E-state index contributed by atoms with van der Waals surface area (Å²) in [6.07, 6.45) is 1.80. The largest absolute Gasteiger partial charge is 0.514 e. The Hall–Kier alpha value is -2.81. The van der Waals surface area contributed by atoms with Crippen LogP contribution in [0.4, 0.5) is 14.9 Å². The van der Waals surface area contributed by atoms with Gasteiger partial charge >= 0.3 is 6.16 Å². The molecule has 0 amide bonds. The second-order valence-corrected chi connectivity index (χ2v) is 5.95. The predicted octanol–water partition coefficient (Wildman–Crippen LogP) is 4.02. The Morgan fingerprint density at radius 3 is 2.79 bits per heavy atom. The summed E-state index contributed by atoms with van der Waals surface area (Å²) in [5, 5.41) is 11.0. The van der Waals surface area contributed by atoms with Gasteiger partial charge < -0.3 is 9.47 Å². The number of carbonyl (C=O) groups excluding carboxylic acids is 1. The van der Waals surface area contributed by atoms with Gasteiger partial charge in [0.25, 0.3) is 5.69 Å². The highest BCUT2D eigenvalue weighted by atomic mass is 32.1. The molecule has 1 aliphatic rings. The Kier molecular flexibility index (Phi) is 4.52. The average molecular weight is 350 g/mol. The molecule has 0 saturated carbocycles. The molecule has 0 atom stereocenters. The molecule has 3 rings (SSSR count). The number of ether oxygens (including phenoxy) is 2. The highest BCUT2D eigenvalue weighted by Crippen LogP contribution is 2.32. The van der Waals surface area contributed by atoms with Crippen molar-refractivity contribution in [1.82, 2.24) is 4.98 Å². The van der Waals surface area contributed by atoms with Gasteiger partial charge in [-0.1, -0.05) is 0 Å². The van der Waals surface area contributed by atoms with Crippen LogP contribution in [0.15, 0.2) is 30.3 Å². The second kappa shape index (κ2) is 6.75. The van der Waals surface area contributed by atoms with Crippen molar-refractivity contribution in [3.05, 3.63) is 56.0 Å². The van der Waals surface area contributed by atoms with Gasteiger partial charge in [-0.3, -0.25) is 10.1 Å². The van der Waals surface area contributed by atoms with Crippen LogP contribution in [0, 0.1) is 10.1 Å². The number of aryl methyl sites for hydroxylation is 1. The summed E-state index contributed by atoms with van der Waals surface area (Å²) >= 11 is 1.13. The van der Waals surface area contributed by atoms with Crippen molar-refractivity contribution in [3.8, 4) is 5.75 Å². The first-order chi connectivity index (χ1) is 11.5. The lowest BCUT2D eigenvalue weighted by atomic mass is 10.1. The Morgan fingerprint density at radius 1 is 1.38 bits per heavy atom. The van der Waals surface area contributed by atoms with Crippen LogP contribution in [0.25, 0.3) is 5.83 Å². The smallest absolute Gasteiger partial charge is 0.427 e. The number of aromatic nitrogens is 1. The Labute approximate surface area is 139 Å². The zero-order valence-electron chi connectivity index (χ0n) is 12.2. The molecular weight excluding hydrogens is 339 g/mol. The molecule has 0 spiro atoms. The van der Waals surface area contributed by atoms with E-state index in [1.165, 1.54) is 30.3 Å². The summed E-state index contributed by atoms with van der Waals surface area (Å²) in [6, 6.07) is 5.02. The van der Waals surface area contributed by atoms with Gasteiger partial charge in [0.2, 0.25) is 0 Å². The molecule has 0 radical (unpaired) electrons.